The van der Waals surface area contributed by atoms with Crippen molar-refractivity contribution in [2.45, 2.75) is 56.2 Å². The highest BCUT2D eigenvalue weighted by Crippen LogP contribution is 2.37. The number of ether oxygens (including phenoxy) is 2. The van der Waals surface area contributed by atoms with E-state index in [-0.39, 0.29) is 28.6 Å². The van der Waals surface area contributed by atoms with Crippen LogP contribution in [0.15, 0.2) is 17.0 Å². The predicted molar refractivity (Wildman–Crippen MR) is 105 cm³/mol. The highest BCUT2D eigenvalue weighted by Gasteiger charge is 2.37. The van der Waals surface area contributed by atoms with Gasteiger partial charge in [0.1, 0.15) is 4.90 Å². The molecule has 0 radical (unpaired) electrons. The number of nitrogens with one attached hydrogen (secondary N) is 1. The fourth-order valence-corrected chi connectivity index (χ4v) is 4.47. The van der Waals surface area contributed by atoms with Gasteiger partial charge in [0.25, 0.3) is 16.0 Å². The quantitative estimate of drug-likeness (QED) is 0.677. The van der Waals surface area contributed by atoms with Gasteiger partial charge in [0, 0.05) is 24.1 Å². The lowest BCUT2D eigenvalue weighted by Gasteiger charge is -2.35. The third-order valence-electron chi connectivity index (χ3n) is 5.18. The Morgan fingerprint density at radius 3 is 2.39 bits per heavy atom. The van der Waals surface area contributed by atoms with Gasteiger partial charge in [-0.2, -0.15) is 8.42 Å². The predicted octanol–water partition coefficient (Wildman–Crippen LogP) is 1.57. The van der Waals surface area contributed by atoms with Gasteiger partial charge in [-0.05, 0) is 52.9 Å². The van der Waals surface area contributed by atoms with Crippen molar-refractivity contribution in [1.29, 1.82) is 0 Å². The molecule has 0 saturated carbocycles. The van der Waals surface area contributed by atoms with E-state index in [1.807, 2.05) is 21.0 Å². The van der Waals surface area contributed by atoms with E-state index in [2.05, 4.69) is 24.1 Å². The average molecular weight is 415 g/mol. The first-order chi connectivity index (χ1) is 12.9. The summed E-state index contributed by atoms with van der Waals surface area (Å²) in [5.41, 5.74) is 0.341. The largest absolute Gasteiger partial charge is 0.493 e. The minimum Gasteiger partial charge on any atom is -0.493 e. The lowest BCUT2D eigenvalue weighted by Crippen LogP contribution is -2.49. The summed E-state index contributed by atoms with van der Waals surface area (Å²) in [5, 5.41) is 2.87. The van der Waals surface area contributed by atoms with Crippen LogP contribution in [0.1, 0.15) is 32.8 Å². The van der Waals surface area contributed by atoms with Gasteiger partial charge in [-0.15, -0.1) is 0 Å². The van der Waals surface area contributed by atoms with Crippen molar-refractivity contribution >= 4 is 16.0 Å². The molecule has 28 heavy (non-hydrogen) atoms. The first kappa shape index (κ1) is 22.4. The minimum absolute atomic E-state index is 0.00371. The monoisotopic (exact) mass is 414 g/mol. The van der Waals surface area contributed by atoms with Crippen LogP contribution in [0.25, 0.3) is 0 Å². The summed E-state index contributed by atoms with van der Waals surface area (Å²) in [6.07, 6.45) is -0.294. The van der Waals surface area contributed by atoms with Crippen molar-refractivity contribution in [3.8, 4) is 11.5 Å². The first-order valence-electron chi connectivity index (χ1n) is 9.07. The lowest BCUT2D eigenvalue weighted by atomic mass is 9.94. The van der Waals surface area contributed by atoms with Gasteiger partial charge in [0.15, 0.2) is 17.6 Å². The number of amides is 1. The van der Waals surface area contributed by atoms with Gasteiger partial charge >= 0.3 is 0 Å². The van der Waals surface area contributed by atoms with E-state index in [1.165, 1.54) is 20.3 Å². The molecule has 0 aliphatic carbocycles. The zero-order chi connectivity index (χ0) is 21.3. The molecule has 0 aromatic heterocycles. The maximum atomic E-state index is 12.7. The normalized spacial score (nSPS) is 19.6. The van der Waals surface area contributed by atoms with E-state index >= 15 is 0 Å². The maximum absolute atomic E-state index is 12.7. The van der Waals surface area contributed by atoms with Gasteiger partial charge in [-0.1, -0.05) is 0 Å². The summed E-state index contributed by atoms with van der Waals surface area (Å²) < 4.78 is 40.7. The molecular formula is C19H30N2O6S. The van der Waals surface area contributed by atoms with Gasteiger partial charge in [-0.3, -0.25) is 8.98 Å². The van der Waals surface area contributed by atoms with Gasteiger partial charge in [-0.25, -0.2) is 0 Å². The maximum Gasteiger partial charge on any atom is 0.298 e. The molecule has 1 aliphatic heterocycles. The fourth-order valence-electron chi connectivity index (χ4n) is 3.19. The van der Waals surface area contributed by atoms with Gasteiger partial charge < -0.3 is 19.7 Å². The van der Waals surface area contributed by atoms with E-state index in [0.29, 0.717) is 17.7 Å². The summed E-state index contributed by atoms with van der Waals surface area (Å²) in [4.78, 5) is 14.7. The number of methoxy groups -OCH3 is 2. The van der Waals surface area contributed by atoms with E-state index in [1.54, 1.807) is 6.07 Å². The molecule has 0 spiro atoms. The summed E-state index contributed by atoms with van der Waals surface area (Å²) in [6.45, 7) is 6.04. The Morgan fingerprint density at radius 1 is 1.29 bits per heavy atom. The molecule has 0 saturated heterocycles. The molecule has 158 valence electrons. The van der Waals surface area contributed by atoms with Crippen LogP contribution in [-0.2, 0) is 25.5 Å². The number of carbonyl (C=O) groups excluding carboxylic acids is 1. The number of nitrogens with zero attached hydrogens (tertiary/aromatic N) is 1. The lowest BCUT2D eigenvalue weighted by molar-refractivity contribution is -0.128. The standard InChI is InChI=1S/C19H30N2O6S/c1-12(11-19(2,3)21(4)5)20-18(22)16-9-13-8-14(25-6)15(26-7)10-17(13)28(23,24)27-16/h8,10,12,16H,9,11H2,1-7H3,(H,20,22)/t12-,16+/m0/s1. The van der Waals surface area contributed by atoms with Crippen molar-refractivity contribution in [1.82, 2.24) is 10.2 Å². The molecule has 2 rings (SSSR count). The van der Waals surface area contributed by atoms with Crippen LogP contribution in [0.3, 0.4) is 0 Å². The van der Waals surface area contributed by atoms with Crippen LogP contribution in [-0.4, -0.2) is 65.2 Å². The summed E-state index contributed by atoms with van der Waals surface area (Å²) in [6, 6.07) is 2.79. The van der Waals surface area contributed by atoms with Crippen LogP contribution >= 0.6 is 0 Å². The third kappa shape index (κ3) is 4.76. The molecule has 9 heteroatoms. The second-order valence-electron chi connectivity index (χ2n) is 7.88. The molecule has 8 nitrogen and oxygen atoms in total. The van der Waals surface area contributed by atoms with Crippen LogP contribution in [0, 0.1) is 0 Å². The zero-order valence-electron chi connectivity index (χ0n) is 17.5. The number of carbonyl (C=O) groups is 1. The molecule has 2 atom stereocenters. The molecule has 0 unspecified atom stereocenters. The van der Waals surface area contributed by atoms with Crippen molar-refractivity contribution in [2.75, 3.05) is 28.3 Å². The summed E-state index contributed by atoms with van der Waals surface area (Å²) >= 11 is 0. The molecule has 1 amide bonds. The van der Waals surface area contributed by atoms with Crippen LogP contribution in [0.4, 0.5) is 0 Å². The molecule has 1 N–H and O–H groups in total. The minimum atomic E-state index is -4.08. The summed E-state index contributed by atoms with van der Waals surface area (Å²) in [7, 11) is 2.76. The van der Waals surface area contributed by atoms with E-state index in [0.717, 1.165) is 0 Å². The topological polar surface area (TPSA) is 94.2 Å². The van der Waals surface area contributed by atoms with Crippen LogP contribution < -0.4 is 14.8 Å². The Labute approximate surface area is 167 Å². The third-order valence-corrected chi connectivity index (χ3v) is 6.59. The summed E-state index contributed by atoms with van der Waals surface area (Å²) in [5.74, 6) is 0.237. The van der Waals surface area contributed by atoms with E-state index < -0.39 is 22.1 Å². The smallest absolute Gasteiger partial charge is 0.298 e. The van der Waals surface area contributed by atoms with Crippen molar-refractivity contribution in [3.05, 3.63) is 17.7 Å². The molecule has 1 aliphatic rings. The molecule has 0 fully saturated rings. The van der Waals surface area contributed by atoms with Crippen LogP contribution in [0.2, 0.25) is 0 Å². The van der Waals surface area contributed by atoms with Gasteiger partial charge in [0.05, 0.1) is 14.2 Å². The highest BCUT2D eigenvalue weighted by atomic mass is 32.2. The zero-order valence-corrected chi connectivity index (χ0v) is 18.3. The second-order valence-corrected chi connectivity index (χ2v) is 9.42. The Balaban J connectivity index is 2.20. The van der Waals surface area contributed by atoms with E-state index in [4.69, 9.17) is 13.7 Å². The van der Waals surface area contributed by atoms with E-state index in [9.17, 15) is 13.2 Å². The first-order valence-corrected chi connectivity index (χ1v) is 10.5. The Hall–Kier alpha value is -1.84. The molecule has 1 aromatic carbocycles. The number of hydrogen-bond donors (Lipinski definition) is 1. The number of rotatable bonds is 7. The molecule has 1 aromatic rings. The molecule has 1 heterocycles. The number of fused-ring (bicyclic) bond motifs is 1. The Kier molecular flexibility index (Phi) is 6.62. The molecular weight excluding hydrogens is 384 g/mol. The number of benzene rings is 1. The fraction of sp³-hybridized carbons (Fsp3) is 0.632. The van der Waals surface area contributed by atoms with Gasteiger partial charge in [0.2, 0.25) is 0 Å². The Morgan fingerprint density at radius 2 is 1.86 bits per heavy atom. The van der Waals surface area contributed by atoms with Crippen molar-refractivity contribution < 1.29 is 26.9 Å². The molecule has 0 bridgehead atoms. The Bertz CT molecular complexity index is 835. The number of hydrogen-bond acceptors (Lipinski definition) is 7. The second kappa shape index (κ2) is 8.26. The van der Waals surface area contributed by atoms with Crippen LogP contribution in [0.5, 0.6) is 11.5 Å². The van der Waals surface area contributed by atoms with Crippen molar-refractivity contribution in [2.24, 2.45) is 0 Å². The highest BCUT2D eigenvalue weighted by molar-refractivity contribution is 7.87. The SMILES string of the molecule is COc1cc2c(cc1OC)S(=O)(=O)O[C@@H](C(=O)N[C@@H](C)CC(C)(C)N(C)C)C2. The average Bonchev–Trinajstić information content (AvgIpc) is 2.59. The van der Waals surface area contributed by atoms with Crippen molar-refractivity contribution in [3.63, 3.8) is 0 Å².